The average molecular weight is 515 g/mol. The summed E-state index contributed by atoms with van der Waals surface area (Å²) in [6.45, 7) is 5.35. The molecule has 0 saturated heterocycles. The van der Waals surface area contributed by atoms with Gasteiger partial charge in [0.25, 0.3) is 0 Å². The Morgan fingerprint density at radius 2 is 1.58 bits per heavy atom. The van der Waals surface area contributed by atoms with Crippen LogP contribution in [0, 0.1) is 11.7 Å². The number of ether oxygens (including phenoxy) is 1. The van der Waals surface area contributed by atoms with Gasteiger partial charge in [-0.1, -0.05) is 99.8 Å². The molecule has 0 unspecified atom stereocenters. The van der Waals surface area contributed by atoms with Gasteiger partial charge in [0.15, 0.2) is 0 Å². The van der Waals surface area contributed by atoms with Gasteiger partial charge in [-0.25, -0.2) is 9.18 Å². The summed E-state index contributed by atoms with van der Waals surface area (Å²) < 4.78 is 20.2. The minimum absolute atomic E-state index is 0.0127. The van der Waals surface area contributed by atoms with Gasteiger partial charge in [0.1, 0.15) is 12.4 Å². The van der Waals surface area contributed by atoms with Crippen LogP contribution in [0.1, 0.15) is 75.3 Å². The lowest BCUT2D eigenvalue weighted by Crippen LogP contribution is -2.13. The highest BCUT2D eigenvalue weighted by atomic mass is 19.1. The number of hydrogen-bond donors (Lipinski definition) is 1. The van der Waals surface area contributed by atoms with Crippen molar-refractivity contribution in [3.63, 3.8) is 0 Å². The predicted octanol–water partition coefficient (Wildman–Crippen LogP) is 8.61. The van der Waals surface area contributed by atoms with E-state index in [0.717, 1.165) is 28.2 Å². The molecule has 0 bridgehead atoms. The molecule has 3 aromatic carbocycles. The van der Waals surface area contributed by atoms with Gasteiger partial charge in [-0.15, -0.1) is 0 Å². The number of benzene rings is 3. The van der Waals surface area contributed by atoms with E-state index in [1.807, 2.05) is 24.3 Å². The van der Waals surface area contributed by atoms with E-state index >= 15 is 4.39 Å². The summed E-state index contributed by atoms with van der Waals surface area (Å²) in [4.78, 5) is 11.6. The molecule has 0 aromatic heterocycles. The maximum atomic E-state index is 15.1. The summed E-state index contributed by atoms with van der Waals surface area (Å²) >= 11 is 0. The standard InChI is InChI=1S/C34H39FO3/c1-3-4-5-6-25-7-11-27(12-8-25)28-15-17-29(18-16-28)31-19-20-32(33(35)21-31)30-13-9-26(10-14-30)23-38-34(37)24(2)22-36/h9-10,13-21,25,27,36H,2-8,11-12,22-23H2,1H3. The van der Waals surface area contributed by atoms with Gasteiger partial charge in [-0.3, -0.25) is 0 Å². The highest BCUT2D eigenvalue weighted by Crippen LogP contribution is 2.38. The van der Waals surface area contributed by atoms with E-state index in [9.17, 15) is 4.79 Å². The molecular formula is C34H39FO3. The van der Waals surface area contributed by atoms with Crippen LogP contribution in [-0.4, -0.2) is 17.7 Å². The summed E-state index contributed by atoms with van der Waals surface area (Å²) in [5.74, 6) is 0.651. The Bertz CT molecular complexity index is 1210. The van der Waals surface area contributed by atoms with Gasteiger partial charge >= 0.3 is 5.97 Å². The van der Waals surface area contributed by atoms with Crippen molar-refractivity contribution in [2.75, 3.05) is 6.61 Å². The number of halogens is 1. The molecule has 1 aliphatic rings. The second-order valence-corrected chi connectivity index (χ2v) is 10.6. The quantitative estimate of drug-likeness (QED) is 0.158. The molecule has 1 N–H and O–H groups in total. The normalized spacial score (nSPS) is 17.2. The van der Waals surface area contributed by atoms with Crippen LogP contribution in [0.3, 0.4) is 0 Å². The van der Waals surface area contributed by atoms with Gasteiger partial charge in [0.2, 0.25) is 0 Å². The van der Waals surface area contributed by atoms with Crippen molar-refractivity contribution >= 4 is 5.97 Å². The number of aliphatic hydroxyl groups excluding tert-OH is 1. The zero-order valence-corrected chi connectivity index (χ0v) is 22.4. The fraction of sp³-hybridized carbons (Fsp3) is 0.382. The van der Waals surface area contributed by atoms with E-state index in [2.05, 4.69) is 37.8 Å². The Labute approximate surface area is 226 Å². The van der Waals surface area contributed by atoms with E-state index < -0.39 is 12.6 Å². The van der Waals surface area contributed by atoms with Crippen molar-refractivity contribution in [3.8, 4) is 22.3 Å². The first-order valence-electron chi connectivity index (χ1n) is 13.9. The molecule has 4 rings (SSSR count). The van der Waals surface area contributed by atoms with E-state index in [4.69, 9.17) is 9.84 Å². The van der Waals surface area contributed by atoms with Gasteiger partial charge in [-0.05, 0) is 71.4 Å². The molecule has 0 spiro atoms. The number of rotatable bonds is 11. The maximum Gasteiger partial charge on any atom is 0.336 e. The fourth-order valence-corrected chi connectivity index (χ4v) is 5.44. The molecular weight excluding hydrogens is 475 g/mol. The highest BCUT2D eigenvalue weighted by molar-refractivity contribution is 5.87. The van der Waals surface area contributed by atoms with Crippen molar-refractivity contribution in [2.45, 2.75) is 70.8 Å². The Morgan fingerprint density at radius 3 is 2.21 bits per heavy atom. The Balaban J connectivity index is 1.35. The van der Waals surface area contributed by atoms with Crippen LogP contribution in [0.2, 0.25) is 0 Å². The molecule has 3 aromatic rings. The number of unbranched alkanes of at least 4 members (excludes halogenated alkanes) is 2. The fourth-order valence-electron chi connectivity index (χ4n) is 5.44. The summed E-state index contributed by atoms with van der Waals surface area (Å²) in [7, 11) is 0. The van der Waals surface area contributed by atoms with E-state index in [0.29, 0.717) is 11.5 Å². The topological polar surface area (TPSA) is 46.5 Å². The Hall–Kier alpha value is -3.24. The molecule has 0 radical (unpaired) electrons. The van der Waals surface area contributed by atoms with Gasteiger partial charge in [0, 0.05) is 5.56 Å². The number of aliphatic hydroxyl groups is 1. The van der Waals surface area contributed by atoms with Crippen LogP contribution in [0.15, 0.2) is 78.9 Å². The number of carbonyl (C=O) groups excluding carboxylic acids is 1. The first kappa shape index (κ1) is 27.8. The second kappa shape index (κ2) is 13.5. The predicted molar refractivity (Wildman–Crippen MR) is 152 cm³/mol. The SMILES string of the molecule is C=C(CO)C(=O)OCc1ccc(-c2ccc(-c3ccc(C4CCC(CCCCC)CC4)cc3)cc2F)cc1. The number of esters is 1. The summed E-state index contributed by atoms with van der Waals surface area (Å²) in [5, 5.41) is 8.95. The lowest BCUT2D eigenvalue weighted by molar-refractivity contribution is -0.140. The third-order valence-corrected chi connectivity index (χ3v) is 7.86. The van der Waals surface area contributed by atoms with Gasteiger partial charge < -0.3 is 9.84 Å². The van der Waals surface area contributed by atoms with Crippen molar-refractivity contribution in [1.29, 1.82) is 0 Å². The molecule has 3 nitrogen and oxygen atoms in total. The lowest BCUT2D eigenvalue weighted by atomic mass is 9.77. The van der Waals surface area contributed by atoms with Crippen LogP contribution >= 0.6 is 0 Å². The van der Waals surface area contributed by atoms with Crippen LogP contribution in [0.5, 0.6) is 0 Å². The molecule has 1 saturated carbocycles. The summed E-state index contributed by atoms with van der Waals surface area (Å²) in [6.07, 6.45) is 10.7. The molecule has 0 aliphatic heterocycles. The summed E-state index contributed by atoms with van der Waals surface area (Å²) in [5.41, 5.74) is 5.36. The third kappa shape index (κ3) is 7.20. The second-order valence-electron chi connectivity index (χ2n) is 10.6. The smallest absolute Gasteiger partial charge is 0.336 e. The number of carbonyl (C=O) groups is 1. The maximum absolute atomic E-state index is 15.1. The average Bonchev–Trinajstić information content (AvgIpc) is 2.96. The third-order valence-electron chi connectivity index (χ3n) is 7.86. The first-order chi connectivity index (χ1) is 18.5. The van der Waals surface area contributed by atoms with E-state index in [-0.39, 0.29) is 18.0 Å². The van der Waals surface area contributed by atoms with Gasteiger partial charge in [0.05, 0.1) is 12.2 Å². The largest absolute Gasteiger partial charge is 0.457 e. The lowest BCUT2D eigenvalue weighted by Gasteiger charge is -2.29. The van der Waals surface area contributed by atoms with Gasteiger partial charge in [-0.2, -0.15) is 0 Å². The van der Waals surface area contributed by atoms with Crippen LogP contribution in [0.25, 0.3) is 22.3 Å². The first-order valence-corrected chi connectivity index (χ1v) is 13.9. The minimum Gasteiger partial charge on any atom is -0.457 e. The monoisotopic (exact) mass is 514 g/mol. The molecule has 38 heavy (non-hydrogen) atoms. The Morgan fingerprint density at radius 1 is 0.921 bits per heavy atom. The minimum atomic E-state index is -0.628. The van der Waals surface area contributed by atoms with E-state index in [1.54, 1.807) is 18.2 Å². The van der Waals surface area contributed by atoms with Crippen molar-refractivity contribution in [2.24, 2.45) is 5.92 Å². The molecule has 200 valence electrons. The van der Waals surface area contributed by atoms with Crippen LogP contribution < -0.4 is 0 Å². The molecule has 0 heterocycles. The van der Waals surface area contributed by atoms with Crippen molar-refractivity contribution in [1.82, 2.24) is 0 Å². The highest BCUT2D eigenvalue weighted by Gasteiger charge is 2.22. The molecule has 0 amide bonds. The Kier molecular flexibility index (Phi) is 9.89. The van der Waals surface area contributed by atoms with Crippen molar-refractivity contribution < 1.29 is 19.0 Å². The van der Waals surface area contributed by atoms with Crippen molar-refractivity contribution in [3.05, 3.63) is 95.8 Å². The molecule has 1 aliphatic carbocycles. The van der Waals surface area contributed by atoms with E-state index in [1.165, 1.54) is 56.9 Å². The zero-order chi connectivity index (χ0) is 26.9. The zero-order valence-electron chi connectivity index (χ0n) is 22.4. The molecule has 0 atom stereocenters. The van der Waals surface area contributed by atoms with Crippen LogP contribution in [-0.2, 0) is 16.1 Å². The molecule has 1 fully saturated rings. The molecule has 4 heteroatoms. The number of hydrogen-bond acceptors (Lipinski definition) is 3. The van der Waals surface area contributed by atoms with Crippen LogP contribution in [0.4, 0.5) is 4.39 Å². The summed E-state index contributed by atoms with van der Waals surface area (Å²) in [6, 6.07) is 21.3.